The van der Waals surface area contributed by atoms with Crippen molar-refractivity contribution in [2.75, 3.05) is 39.0 Å². The molecule has 3 unspecified atom stereocenters. The Bertz CT molecular complexity index is 1400. The largest absolute Gasteiger partial charge is 0.510 e. The molecule has 0 saturated carbocycles. The van der Waals surface area contributed by atoms with Crippen molar-refractivity contribution < 1.29 is 39.9 Å². The van der Waals surface area contributed by atoms with Gasteiger partial charge in [0, 0.05) is 30.6 Å². The van der Waals surface area contributed by atoms with Gasteiger partial charge >= 0.3 is 0 Å². The standard InChI is InChI=1S/C30H40N4O8/c1-5-10-34-11-8-14(9-12-34)32-16-7-6-15-13(2)17-19(24(36)18(15)23(16)35)27(39)30(42)21(25(17)37)22(33(3)4)26(38)20(28(30)40)29(31)41/h6-7,13-14,17,21-22,25,32,35,37-39,42H,5,8-12H2,1-4H3,(H2,31,41)/t13?,17-,21?,22?,25+,30+/m1/s1. The Morgan fingerprint density at radius 2 is 1.81 bits per heavy atom. The molecule has 1 fully saturated rings. The molecule has 1 aromatic rings. The maximum Gasteiger partial charge on any atom is 0.255 e. The Morgan fingerprint density at radius 3 is 2.38 bits per heavy atom. The summed E-state index contributed by atoms with van der Waals surface area (Å²) in [7, 11) is 3.01. The lowest BCUT2D eigenvalue weighted by atomic mass is 9.55. The number of carbonyl (C=O) groups is 3. The number of hydrogen-bond donors (Lipinski definition) is 7. The lowest BCUT2D eigenvalue weighted by Gasteiger charge is -2.53. The molecule has 12 nitrogen and oxygen atoms in total. The Hall–Kier alpha value is -3.45. The molecule has 0 aromatic heterocycles. The average molecular weight is 585 g/mol. The van der Waals surface area contributed by atoms with Gasteiger partial charge in [-0.25, -0.2) is 0 Å². The van der Waals surface area contributed by atoms with Crippen LogP contribution in [0.4, 0.5) is 5.69 Å². The van der Waals surface area contributed by atoms with E-state index in [1.807, 2.05) is 0 Å². The molecule has 0 spiro atoms. The Kier molecular flexibility index (Phi) is 7.63. The molecule has 1 aromatic carbocycles. The first-order chi connectivity index (χ1) is 19.8. The summed E-state index contributed by atoms with van der Waals surface area (Å²) in [4.78, 5) is 43.5. The van der Waals surface area contributed by atoms with Crippen LogP contribution in [0, 0.1) is 11.8 Å². The number of nitrogens with two attached hydrogens (primary N) is 1. The Balaban J connectivity index is 1.59. The number of aromatic hydroxyl groups is 1. The maximum absolute atomic E-state index is 14.0. The third-order valence-electron chi connectivity index (χ3n) is 9.62. The maximum atomic E-state index is 14.0. The molecule has 3 aliphatic carbocycles. The number of aliphatic hydroxyl groups is 4. The zero-order valence-corrected chi connectivity index (χ0v) is 24.3. The van der Waals surface area contributed by atoms with Crippen LogP contribution in [0.15, 0.2) is 34.8 Å². The van der Waals surface area contributed by atoms with Crippen LogP contribution in [0.3, 0.4) is 0 Å². The van der Waals surface area contributed by atoms with Crippen molar-refractivity contribution in [1.82, 2.24) is 9.80 Å². The number of likely N-dealkylation sites (N-methyl/N-ethyl adjacent to an activating group) is 1. The molecular formula is C30H40N4O8. The minimum absolute atomic E-state index is 0.0750. The lowest BCUT2D eigenvalue weighted by Crippen LogP contribution is -2.68. The predicted octanol–water partition coefficient (Wildman–Crippen LogP) is 0.939. The number of benzene rings is 1. The number of phenols is 1. The van der Waals surface area contributed by atoms with E-state index in [-0.39, 0.29) is 17.4 Å². The molecule has 5 rings (SSSR count). The van der Waals surface area contributed by atoms with Gasteiger partial charge < -0.3 is 41.5 Å². The van der Waals surface area contributed by atoms with Crippen LogP contribution in [-0.2, 0) is 9.59 Å². The molecule has 8 N–H and O–H groups in total. The van der Waals surface area contributed by atoms with Gasteiger partial charge in [-0.2, -0.15) is 0 Å². The van der Waals surface area contributed by atoms with E-state index in [2.05, 4.69) is 17.1 Å². The first-order valence-corrected chi connectivity index (χ1v) is 14.4. The van der Waals surface area contributed by atoms with Crippen molar-refractivity contribution in [3.8, 4) is 5.75 Å². The number of amides is 1. The molecule has 6 atom stereocenters. The second-order valence-electron chi connectivity index (χ2n) is 12.2. The third kappa shape index (κ3) is 4.23. The molecule has 1 heterocycles. The van der Waals surface area contributed by atoms with E-state index in [9.17, 15) is 39.9 Å². The van der Waals surface area contributed by atoms with Gasteiger partial charge in [-0.05, 0) is 57.5 Å². The van der Waals surface area contributed by atoms with E-state index in [0.717, 1.165) is 38.9 Å². The van der Waals surface area contributed by atoms with Crippen LogP contribution in [-0.4, -0.2) is 110 Å². The van der Waals surface area contributed by atoms with Crippen LogP contribution < -0.4 is 11.1 Å². The highest BCUT2D eigenvalue weighted by atomic mass is 16.4. The number of carbonyl (C=O) groups excluding carboxylic acids is 3. The number of ketones is 2. The molecule has 0 radical (unpaired) electrons. The number of nitrogens with one attached hydrogen (secondary N) is 1. The fourth-order valence-corrected chi connectivity index (χ4v) is 7.58. The number of piperidine rings is 1. The zero-order chi connectivity index (χ0) is 30.8. The van der Waals surface area contributed by atoms with Crippen molar-refractivity contribution >= 4 is 23.2 Å². The fraction of sp³-hybridized carbons (Fsp3) is 0.567. The van der Waals surface area contributed by atoms with Gasteiger partial charge in [0.25, 0.3) is 5.91 Å². The minimum Gasteiger partial charge on any atom is -0.510 e. The van der Waals surface area contributed by atoms with E-state index < -0.39 is 75.6 Å². The van der Waals surface area contributed by atoms with Crippen molar-refractivity contribution in [3.63, 3.8) is 0 Å². The molecule has 1 amide bonds. The molecule has 1 saturated heterocycles. The number of primary amides is 1. The molecule has 42 heavy (non-hydrogen) atoms. The number of aliphatic hydroxyl groups excluding tert-OH is 3. The van der Waals surface area contributed by atoms with Crippen LogP contribution in [0.2, 0.25) is 0 Å². The van der Waals surface area contributed by atoms with Gasteiger partial charge in [0.2, 0.25) is 5.78 Å². The smallest absolute Gasteiger partial charge is 0.255 e. The van der Waals surface area contributed by atoms with Gasteiger partial charge in [-0.15, -0.1) is 0 Å². The number of fused-ring (bicyclic) bond motifs is 3. The SMILES string of the molecule is CCCN1CCC(Nc2ccc3c(c2O)C(=O)C2=C(O)[C@]4(O)C(=O)C(C(N)=O)=C(O)C(N(C)C)C4[C@@H](O)[C@@H]2C3C)CC1. The van der Waals surface area contributed by atoms with E-state index in [1.165, 1.54) is 19.0 Å². The topological polar surface area (TPSA) is 197 Å². The second kappa shape index (κ2) is 10.7. The summed E-state index contributed by atoms with van der Waals surface area (Å²) in [6.45, 7) is 6.69. The normalized spacial score (nSPS) is 32.1. The van der Waals surface area contributed by atoms with Crippen LogP contribution in [0.25, 0.3) is 0 Å². The van der Waals surface area contributed by atoms with Crippen molar-refractivity contribution in [2.45, 2.75) is 62.8 Å². The average Bonchev–Trinajstić information content (AvgIpc) is 2.92. The van der Waals surface area contributed by atoms with Crippen molar-refractivity contribution in [2.24, 2.45) is 17.6 Å². The molecule has 12 heteroatoms. The Morgan fingerprint density at radius 1 is 1.17 bits per heavy atom. The quantitative estimate of drug-likeness (QED) is 0.186. The van der Waals surface area contributed by atoms with E-state index in [1.54, 1.807) is 19.1 Å². The van der Waals surface area contributed by atoms with Crippen LogP contribution in [0.1, 0.15) is 54.9 Å². The van der Waals surface area contributed by atoms with Gasteiger partial charge in [0.05, 0.1) is 29.3 Å². The van der Waals surface area contributed by atoms with Crippen LogP contribution >= 0.6 is 0 Å². The highest BCUT2D eigenvalue weighted by molar-refractivity contribution is 6.25. The third-order valence-corrected chi connectivity index (χ3v) is 9.62. The zero-order valence-electron chi connectivity index (χ0n) is 24.3. The van der Waals surface area contributed by atoms with Crippen LogP contribution in [0.5, 0.6) is 5.75 Å². The fourth-order valence-electron chi connectivity index (χ4n) is 7.58. The summed E-state index contributed by atoms with van der Waals surface area (Å²) in [5.74, 6) is -8.92. The van der Waals surface area contributed by atoms with Gasteiger partial charge in [0.1, 0.15) is 22.8 Å². The molecule has 4 aliphatic rings. The monoisotopic (exact) mass is 584 g/mol. The summed E-state index contributed by atoms with van der Waals surface area (Å²) in [5.41, 5.74) is 1.80. The van der Waals surface area contributed by atoms with Crippen molar-refractivity contribution in [3.05, 3.63) is 45.9 Å². The first-order valence-electron chi connectivity index (χ1n) is 14.4. The highest BCUT2D eigenvalue weighted by Crippen LogP contribution is 2.56. The summed E-state index contributed by atoms with van der Waals surface area (Å²) in [5, 5.41) is 60.6. The highest BCUT2D eigenvalue weighted by Gasteiger charge is 2.67. The minimum atomic E-state index is -2.93. The number of hydrogen-bond acceptors (Lipinski definition) is 11. The summed E-state index contributed by atoms with van der Waals surface area (Å²) in [6.07, 6.45) is 1.16. The van der Waals surface area contributed by atoms with Gasteiger partial charge in [0.15, 0.2) is 11.4 Å². The lowest BCUT2D eigenvalue weighted by molar-refractivity contribution is -0.162. The summed E-state index contributed by atoms with van der Waals surface area (Å²) in [6, 6.07) is 2.18. The number of rotatable bonds is 6. The molecule has 1 aliphatic heterocycles. The predicted molar refractivity (Wildman–Crippen MR) is 153 cm³/mol. The van der Waals surface area contributed by atoms with E-state index >= 15 is 0 Å². The summed E-state index contributed by atoms with van der Waals surface area (Å²) < 4.78 is 0. The molecule has 228 valence electrons. The Labute approximate surface area is 244 Å². The van der Waals surface area contributed by atoms with E-state index in [0.29, 0.717) is 11.3 Å². The molecular weight excluding hydrogens is 544 g/mol. The van der Waals surface area contributed by atoms with E-state index in [4.69, 9.17) is 5.73 Å². The first kappa shape index (κ1) is 30.0. The number of nitrogens with zero attached hydrogens (tertiary/aromatic N) is 2. The number of phenolic OH excluding ortho intramolecular Hbond substituents is 1. The van der Waals surface area contributed by atoms with Crippen molar-refractivity contribution in [1.29, 1.82) is 0 Å². The second-order valence-corrected chi connectivity index (χ2v) is 12.2. The van der Waals surface area contributed by atoms with Gasteiger partial charge in [-0.1, -0.05) is 19.9 Å². The molecule has 0 bridgehead atoms. The number of likely N-dealkylation sites (tertiary alicyclic amines) is 1. The summed E-state index contributed by atoms with van der Waals surface area (Å²) >= 11 is 0. The number of Topliss-reactive ketones (excluding diaryl/α,β-unsaturated/α-hetero) is 2. The van der Waals surface area contributed by atoms with Gasteiger partial charge in [-0.3, -0.25) is 19.3 Å². The number of anilines is 1.